The molecule has 7 heteroatoms. The van der Waals surface area contributed by atoms with Crippen LogP contribution in [0.3, 0.4) is 0 Å². The number of nitrogens with two attached hydrogens (primary N) is 1. The highest BCUT2D eigenvalue weighted by Crippen LogP contribution is 2.28. The van der Waals surface area contributed by atoms with Gasteiger partial charge in [0.15, 0.2) is 5.65 Å². The Morgan fingerprint density at radius 1 is 1.12 bits per heavy atom. The molecule has 0 aliphatic carbocycles. The third-order valence-electron chi connectivity index (χ3n) is 2.15. The molecule has 0 amide bonds. The highest BCUT2D eigenvalue weighted by molar-refractivity contribution is 7.99. The van der Waals surface area contributed by atoms with E-state index in [4.69, 9.17) is 5.73 Å². The number of pyridine rings is 1. The van der Waals surface area contributed by atoms with Crippen molar-refractivity contribution in [2.45, 2.75) is 10.1 Å². The van der Waals surface area contributed by atoms with E-state index in [0.29, 0.717) is 11.3 Å². The molecule has 0 fully saturated rings. The van der Waals surface area contributed by atoms with Gasteiger partial charge >= 0.3 is 0 Å². The Morgan fingerprint density at radius 3 is 2.88 bits per heavy atom. The summed E-state index contributed by atoms with van der Waals surface area (Å²) in [5.41, 5.74) is 7.69. The maximum absolute atomic E-state index is 5.58. The van der Waals surface area contributed by atoms with Crippen LogP contribution in [0.1, 0.15) is 0 Å². The first-order chi connectivity index (χ1) is 8.33. The van der Waals surface area contributed by atoms with E-state index in [1.165, 1.54) is 18.1 Å². The summed E-state index contributed by atoms with van der Waals surface area (Å²) in [5, 5.41) is 1.62. The number of rotatable bonds is 2. The fourth-order valence-electron chi connectivity index (χ4n) is 1.37. The minimum Gasteiger partial charge on any atom is -0.397 e. The number of aromatic amines is 1. The number of nitrogens with zero attached hydrogens (tertiary/aromatic N) is 4. The van der Waals surface area contributed by atoms with E-state index in [2.05, 4.69) is 24.9 Å². The molecule has 3 aromatic heterocycles. The molecule has 3 N–H and O–H groups in total. The average molecular weight is 244 g/mol. The number of H-pyrrole nitrogens is 1. The summed E-state index contributed by atoms with van der Waals surface area (Å²) in [6.45, 7) is 0. The summed E-state index contributed by atoms with van der Waals surface area (Å²) in [7, 11) is 0. The largest absolute Gasteiger partial charge is 0.397 e. The minimum atomic E-state index is 0.642. The first-order valence-corrected chi connectivity index (χ1v) is 5.68. The molecule has 84 valence electrons. The molecule has 0 aliphatic rings. The second-order valence-corrected chi connectivity index (χ2v) is 4.32. The molecule has 6 nitrogen and oxygen atoms in total. The number of nitrogens with one attached hydrogen (secondary N) is 1. The molecular weight excluding hydrogens is 236 g/mol. The SMILES string of the molecule is Nc1ccc(Sc2ncnc3nc[nH]c23)nc1. The first-order valence-electron chi connectivity index (χ1n) is 4.86. The lowest BCUT2D eigenvalue weighted by atomic mass is 10.4. The summed E-state index contributed by atoms with van der Waals surface area (Å²) < 4.78 is 0. The highest BCUT2D eigenvalue weighted by atomic mass is 32.2. The van der Waals surface area contributed by atoms with Crippen molar-refractivity contribution < 1.29 is 0 Å². The van der Waals surface area contributed by atoms with Gasteiger partial charge < -0.3 is 10.7 Å². The lowest BCUT2D eigenvalue weighted by Crippen LogP contribution is -1.89. The topological polar surface area (TPSA) is 93.4 Å². The Bertz CT molecular complexity index is 647. The molecule has 0 atom stereocenters. The number of hydrogen-bond donors (Lipinski definition) is 2. The molecule has 0 spiro atoms. The lowest BCUT2D eigenvalue weighted by Gasteiger charge is -2.00. The summed E-state index contributed by atoms with van der Waals surface area (Å²) in [6, 6.07) is 3.66. The fraction of sp³-hybridized carbons (Fsp3) is 0. The van der Waals surface area contributed by atoms with Crippen molar-refractivity contribution in [3.05, 3.63) is 31.0 Å². The van der Waals surface area contributed by atoms with Crippen molar-refractivity contribution in [2.75, 3.05) is 5.73 Å². The van der Waals surface area contributed by atoms with Gasteiger partial charge in [0.1, 0.15) is 21.9 Å². The number of aromatic nitrogens is 5. The first kappa shape index (κ1) is 10.0. The zero-order valence-corrected chi connectivity index (χ0v) is 9.48. The van der Waals surface area contributed by atoms with Crippen molar-refractivity contribution in [3.63, 3.8) is 0 Å². The molecule has 17 heavy (non-hydrogen) atoms. The van der Waals surface area contributed by atoms with Crippen LogP contribution in [-0.4, -0.2) is 24.9 Å². The molecule has 0 bridgehead atoms. The molecule has 3 aromatic rings. The zero-order valence-electron chi connectivity index (χ0n) is 8.66. The number of hydrogen-bond acceptors (Lipinski definition) is 6. The van der Waals surface area contributed by atoms with Crippen molar-refractivity contribution in [1.29, 1.82) is 0 Å². The van der Waals surface area contributed by atoms with Crippen LogP contribution in [-0.2, 0) is 0 Å². The monoisotopic (exact) mass is 244 g/mol. The zero-order chi connectivity index (χ0) is 11.7. The molecule has 0 aromatic carbocycles. The number of anilines is 1. The van der Waals surface area contributed by atoms with Crippen LogP contribution in [0.4, 0.5) is 5.69 Å². The Balaban J connectivity index is 1.99. The van der Waals surface area contributed by atoms with Gasteiger partial charge in [0.05, 0.1) is 18.2 Å². The Morgan fingerprint density at radius 2 is 2.06 bits per heavy atom. The summed E-state index contributed by atoms with van der Waals surface area (Å²) in [4.78, 5) is 19.5. The Kier molecular flexibility index (Phi) is 2.37. The molecule has 3 rings (SSSR count). The second-order valence-electron chi connectivity index (χ2n) is 3.31. The number of nitrogen functional groups attached to an aromatic ring is 1. The van der Waals surface area contributed by atoms with Crippen LogP contribution in [0.2, 0.25) is 0 Å². The van der Waals surface area contributed by atoms with Crippen molar-refractivity contribution in [3.8, 4) is 0 Å². The van der Waals surface area contributed by atoms with E-state index in [-0.39, 0.29) is 0 Å². The third-order valence-corrected chi connectivity index (χ3v) is 3.10. The fourth-order valence-corrected chi connectivity index (χ4v) is 2.16. The van der Waals surface area contributed by atoms with Gasteiger partial charge in [-0.05, 0) is 23.9 Å². The maximum Gasteiger partial charge on any atom is 0.181 e. The van der Waals surface area contributed by atoms with Crippen LogP contribution < -0.4 is 5.73 Å². The van der Waals surface area contributed by atoms with E-state index in [9.17, 15) is 0 Å². The summed E-state index contributed by atoms with van der Waals surface area (Å²) in [5.74, 6) is 0. The van der Waals surface area contributed by atoms with Crippen molar-refractivity contribution in [2.24, 2.45) is 0 Å². The predicted molar refractivity (Wildman–Crippen MR) is 64.5 cm³/mol. The van der Waals surface area contributed by atoms with Gasteiger partial charge in [-0.25, -0.2) is 19.9 Å². The van der Waals surface area contributed by atoms with Crippen molar-refractivity contribution in [1.82, 2.24) is 24.9 Å². The highest BCUT2D eigenvalue weighted by Gasteiger charge is 2.07. The van der Waals surface area contributed by atoms with Gasteiger partial charge in [0, 0.05) is 0 Å². The summed E-state index contributed by atoms with van der Waals surface area (Å²) in [6.07, 6.45) is 4.70. The van der Waals surface area contributed by atoms with E-state index in [1.54, 1.807) is 18.6 Å². The second kappa shape index (κ2) is 4.02. The van der Waals surface area contributed by atoms with Gasteiger partial charge in [0.25, 0.3) is 0 Å². The van der Waals surface area contributed by atoms with Gasteiger partial charge in [-0.2, -0.15) is 0 Å². The maximum atomic E-state index is 5.58. The number of imidazole rings is 1. The lowest BCUT2D eigenvalue weighted by molar-refractivity contribution is 1.07. The standard InChI is InChI=1S/C10H8N6S/c11-6-1-2-7(12-3-6)17-10-8-9(14-4-13-8)15-5-16-10/h1-5H,11H2,(H,13,14,15,16). The van der Waals surface area contributed by atoms with Gasteiger partial charge in [-0.15, -0.1) is 0 Å². The van der Waals surface area contributed by atoms with E-state index in [0.717, 1.165) is 15.6 Å². The quantitative estimate of drug-likeness (QED) is 0.663. The smallest absolute Gasteiger partial charge is 0.181 e. The molecule has 3 heterocycles. The van der Waals surface area contributed by atoms with E-state index >= 15 is 0 Å². The van der Waals surface area contributed by atoms with Crippen LogP contribution in [0, 0.1) is 0 Å². The molecule has 0 saturated heterocycles. The summed E-state index contributed by atoms with van der Waals surface area (Å²) >= 11 is 1.44. The molecule has 0 unspecified atom stereocenters. The van der Waals surface area contributed by atoms with Crippen LogP contribution in [0.5, 0.6) is 0 Å². The van der Waals surface area contributed by atoms with Crippen molar-refractivity contribution >= 4 is 28.6 Å². The average Bonchev–Trinajstić information content (AvgIpc) is 2.81. The molecular formula is C10H8N6S. The van der Waals surface area contributed by atoms with Gasteiger partial charge in [-0.1, -0.05) is 0 Å². The third kappa shape index (κ3) is 1.92. The van der Waals surface area contributed by atoms with Crippen LogP contribution in [0.15, 0.2) is 41.0 Å². The number of fused-ring (bicyclic) bond motifs is 1. The van der Waals surface area contributed by atoms with Gasteiger partial charge in [0.2, 0.25) is 0 Å². The van der Waals surface area contributed by atoms with Gasteiger partial charge in [-0.3, -0.25) is 0 Å². The Hall–Kier alpha value is -2.15. The molecule has 0 radical (unpaired) electrons. The normalized spacial score (nSPS) is 10.8. The molecule has 0 aliphatic heterocycles. The Labute approximate surface area is 101 Å². The van der Waals surface area contributed by atoms with E-state index < -0.39 is 0 Å². The minimum absolute atomic E-state index is 0.642. The van der Waals surface area contributed by atoms with Crippen LogP contribution >= 0.6 is 11.8 Å². The predicted octanol–water partition coefficient (Wildman–Crippen LogP) is 1.48. The molecule has 0 saturated carbocycles. The van der Waals surface area contributed by atoms with Crippen LogP contribution in [0.25, 0.3) is 11.2 Å². The van der Waals surface area contributed by atoms with E-state index in [1.807, 2.05) is 6.07 Å².